The fourth-order valence-electron chi connectivity index (χ4n) is 0.102. The van der Waals surface area contributed by atoms with E-state index in [0.29, 0.717) is 0 Å². The molecule has 14 heavy (non-hydrogen) atoms. The monoisotopic (exact) mass is 566 g/mol. The molecule has 0 amide bonds. The van der Waals surface area contributed by atoms with Gasteiger partial charge in [-0.3, -0.25) is 0 Å². The summed E-state index contributed by atoms with van der Waals surface area (Å²) >= 11 is -13.3. The van der Waals surface area contributed by atoms with Crippen LogP contribution in [0, 0.1) is 0 Å². The number of hydrogen-bond acceptors (Lipinski definition) is 7. The van der Waals surface area contributed by atoms with Crippen LogP contribution in [0.15, 0.2) is 0 Å². The fourth-order valence-corrected chi connectivity index (χ4v) is 1.74. The number of halogens is 2. The average Bonchev–Trinajstić information content (AvgIpc) is 1.53. The standard InChI is InChI=1S/2ClH.2Cr.Hg.2K.7O/h2*1H;;;;;;;;;;;;/q;;;;+2;2*+1;;;;;;2*-1/p-2. The predicted octanol–water partition coefficient (Wildman–Crippen LogP) is -7.54. The van der Waals surface area contributed by atoms with Crippen molar-refractivity contribution in [2.45, 2.75) is 0 Å². The molecule has 0 bridgehead atoms. The van der Waals surface area contributed by atoms with Crippen LogP contribution in [0.5, 0.6) is 0 Å². The molecule has 0 spiro atoms. The second kappa shape index (κ2) is 14.3. The van der Waals surface area contributed by atoms with E-state index >= 15 is 0 Å². The zero-order valence-electron chi connectivity index (χ0n) is 7.14. The third-order valence-electron chi connectivity index (χ3n) is 0.167. The van der Waals surface area contributed by atoms with E-state index in [2.05, 4.69) is 2.84 Å². The molecule has 72 valence electrons. The van der Waals surface area contributed by atoms with Crippen molar-refractivity contribution in [1.82, 2.24) is 0 Å². The molecule has 0 fully saturated rings. The van der Waals surface area contributed by atoms with Crippen LogP contribution < -0.4 is 111 Å². The molecule has 0 unspecified atom stereocenters. The molecule has 7 nitrogen and oxygen atoms in total. The van der Waals surface area contributed by atoms with Crippen LogP contribution in [0.4, 0.5) is 0 Å². The first kappa shape index (κ1) is 27.3. The summed E-state index contributed by atoms with van der Waals surface area (Å²) in [5.41, 5.74) is 0. The summed E-state index contributed by atoms with van der Waals surface area (Å²) in [6.45, 7) is 0. The Morgan fingerprint density at radius 1 is 0.929 bits per heavy atom. The first-order chi connectivity index (χ1) is 5.12. The maximum atomic E-state index is 9.38. The Morgan fingerprint density at radius 2 is 1.07 bits per heavy atom. The van der Waals surface area contributed by atoms with Gasteiger partial charge in [0, 0.05) is 0 Å². The normalized spacial score (nSPS) is 9.43. The summed E-state index contributed by atoms with van der Waals surface area (Å²) in [7, 11) is 9.97. The van der Waals surface area contributed by atoms with Gasteiger partial charge < -0.3 is 0 Å². The predicted molar refractivity (Wildman–Crippen MR) is 15.5 cm³/mol. The molecule has 0 aromatic carbocycles. The van der Waals surface area contributed by atoms with Gasteiger partial charge in [0.25, 0.3) is 0 Å². The summed E-state index contributed by atoms with van der Waals surface area (Å²) in [4.78, 5) is 0. The summed E-state index contributed by atoms with van der Waals surface area (Å²) in [6, 6.07) is 0. The fraction of sp³-hybridized carbons (Fsp3) is 0. The number of rotatable bonds is 2. The van der Waals surface area contributed by atoms with E-state index in [9.17, 15) is 23.5 Å². The van der Waals surface area contributed by atoms with Crippen LogP contribution in [0.25, 0.3) is 0 Å². The zero-order chi connectivity index (χ0) is 10.4. The zero-order valence-corrected chi connectivity index (χ0v) is 22.9. The van der Waals surface area contributed by atoms with Crippen molar-refractivity contribution in [2.24, 2.45) is 0 Å². The molecular weight excluding hydrogens is 566 g/mol. The van der Waals surface area contributed by atoms with E-state index in [-0.39, 0.29) is 103 Å². The maximum absolute atomic E-state index is 9.38. The first-order valence-corrected chi connectivity index (χ1v) is 19.6. The molecule has 0 rings (SSSR count). The summed E-state index contributed by atoms with van der Waals surface area (Å²) in [5, 5.41) is 0. The topological polar surface area (TPSA) is 124 Å². The van der Waals surface area contributed by atoms with Gasteiger partial charge in [-0.05, 0) is 0 Å². The van der Waals surface area contributed by atoms with Gasteiger partial charge in [-0.1, -0.05) is 0 Å². The Hall–Kier alpha value is 4.93. The molecule has 0 aromatic heterocycles. The second-order valence-electron chi connectivity index (χ2n) is 0.986. The Balaban J connectivity index is -0.0000000891. The molecule has 0 N–H and O–H groups in total. The number of hydrogen-bond donors (Lipinski definition) is 0. The van der Waals surface area contributed by atoms with E-state index in [4.69, 9.17) is 16.5 Å². The van der Waals surface area contributed by atoms with Gasteiger partial charge in [-0.25, -0.2) is 0 Å². The van der Waals surface area contributed by atoms with Gasteiger partial charge in [0.15, 0.2) is 0 Å². The van der Waals surface area contributed by atoms with Crippen LogP contribution in [0.1, 0.15) is 0 Å². The van der Waals surface area contributed by atoms with Gasteiger partial charge in [0.1, 0.15) is 0 Å². The van der Waals surface area contributed by atoms with Gasteiger partial charge in [0.05, 0.1) is 0 Å². The molecule has 0 radical (unpaired) electrons. The van der Waals surface area contributed by atoms with Crippen molar-refractivity contribution in [3.05, 3.63) is 0 Å². The molecule has 0 aliphatic heterocycles. The van der Waals surface area contributed by atoms with E-state index < -0.39 is 49.3 Å². The van der Waals surface area contributed by atoms with Gasteiger partial charge in [-0.15, -0.1) is 0 Å². The molecule has 0 saturated carbocycles. The average molecular weight is 566 g/mol. The van der Waals surface area contributed by atoms with Gasteiger partial charge >= 0.3 is 195 Å². The third-order valence-corrected chi connectivity index (χ3v) is 2.83. The molecular formula is Cl2Cr2HgK2O7. The summed E-state index contributed by atoms with van der Waals surface area (Å²) < 4.78 is 58.9. The molecule has 14 heteroatoms. The van der Waals surface area contributed by atoms with Crippen molar-refractivity contribution < 1.29 is 178 Å². The van der Waals surface area contributed by atoms with E-state index in [1.165, 1.54) is 0 Å². The van der Waals surface area contributed by atoms with Crippen molar-refractivity contribution in [2.75, 3.05) is 0 Å². The minimum atomic E-state index is -6.07. The second-order valence-corrected chi connectivity index (χ2v) is 12.5. The molecule has 0 saturated heterocycles. The van der Waals surface area contributed by atoms with Crippen LogP contribution >= 0.6 is 16.5 Å². The molecule has 0 aromatic rings. The van der Waals surface area contributed by atoms with Gasteiger partial charge in [-0.2, -0.15) is 0 Å². The Labute approximate surface area is 189 Å². The Kier molecular flexibility index (Phi) is 28.0. The van der Waals surface area contributed by atoms with E-state index in [1.807, 2.05) is 0 Å². The van der Waals surface area contributed by atoms with E-state index in [0.717, 1.165) is 0 Å². The first-order valence-electron chi connectivity index (χ1n) is 1.87. The van der Waals surface area contributed by atoms with Crippen LogP contribution in [-0.4, -0.2) is 0 Å². The molecule has 0 heterocycles. The van der Waals surface area contributed by atoms with Crippen molar-refractivity contribution in [3.8, 4) is 0 Å². The molecule has 0 atom stereocenters. The summed E-state index contributed by atoms with van der Waals surface area (Å²) in [5.74, 6) is 0. The molecule has 0 aliphatic carbocycles. The summed E-state index contributed by atoms with van der Waals surface area (Å²) in [6.07, 6.45) is 0. The van der Waals surface area contributed by atoms with E-state index in [1.54, 1.807) is 0 Å². The SMILES string of the molecule is [Cl][Hg][Cl].[K+].[K+].[O]=[Cr](=[O])([O-])[O][Cr](=[O])(=[O])[O-]. The van der Waals surface area contributed by atoms with Gasteiger partial charge in [0.2, 0.25) is 0 Å². The van der Waals surface area contributed by atoms with Crippen LogP contribution in [-0.2, 0) is 67.4 Å². The third kappa shape index (κ3) is 36.0. The van der Waals surface area contributed by atoms with Crippen molar-refractivity contribution in [3.63, 3.8) is 0 Å². The van der Waals surface area contributed by atoms with Crippen molar-refractivity contribution in [1.29, 1.82) is 0 Å². The van der Waals surface area contributed by atoms with Crippen LogP contribution in [0.3, 0.4) is 0 Å². The van der Waals surface area contributed by atoms with Crippen molar-refractivity contribution >= 4 is 16.5 Å². The van der Waals surface area contributed by atoms with Crippen LogP contribution in [0.2, 0.25) is 0 Å². The quantitative estimate of drug-likeness (QED) is 0.305. The Bertz CT molecular complexity index is 266. The molecule has 0 aliphatic rings. The minimum absolute atomic E-state index is 0. The Morgan fingerprint density at radius 3 is 1.07 bits per heavy atom.